The van der Waals surface area contributed by atoms with Crippen molar-refractivity contribution in [3.8, 4) is 0 Å². The van der Waals surface area contributed by atoms with Gasteiger partial charge in [-0.1, -0.05) is 17.7 Å². The second-order valence-electron chi connectivity index (χ2n) is 4.19. The molecule has 8 heteroatoms. The smallest absolute Gasteiger partial charge is 0.232 e. The second kappa shape index (κ2) is 5.20. The zero-order chi connectivity index (χ0) is 14.1. The summed E-state index contributed by atoms with van der Waals surface area (Å²) in [7, 11) is 0. The van der Waals surface area contributed by atoms with Crippen LogP contribution < -0.4 is 5.32 Å². The predicted octanol–water partition coefficient (Wildman–Crippen LogP) is 1.10. The lowest BCUT2D eigenvalue weighted by Gasteiger charge is -2.15. The number of nitrogens with one attached hydrogen (secondary N) is 1. The first-order chi connectivity index (χ1) is 9.72. The molecule has 104 valence electrons. The van der Waals surface area contributed by atoms with E-state index in [9.17, 15) is 4.79 Å². The van der Waals surface area contributed by atoms with Crippen molar-refractivity contribution in [2.45, 2.75) is 12.3 Å². The Labute approximate surface area is 118 Å². The monoisotopic (exact) mass is 294 g/mol. The summed E-state index contributed by atoms with van der Waals surface area (Å²) in [6, 6.07) is 1.77. The fourth-order valence-corrected chi connectivity index (χ4v) is 2.30. The molecule has 0 saturated carbocycles. The van der Waals surface area contributed by atoms with Crippen LogP contribution in [-0.2, 0) is 9.53 Å². The van der Waals surface area contributed by atoms with Crippen molar-refractivity contribution in [3.63, 3.8) is 0 Å². The van der Waals surface area contributed by atoms with Gasteiger partial charge in [0.1, 0.15) is 16.9 Å². The number of hydrogen-bond donors (Lipinski definition) is 2. The first-order valence-electron chi connectivity index (χ1n) is 5.92. The molecular formula is C12H11ClN4O3. The van der Waals surface area contributed by atoms with Crippen molar-refractivity contribution >= 4 is 35.0 Å². The average Bonchev–Trinajstić information content (AvgIpc) is 3.04. The normalized spacial score (nSPS) is 21.5. The fourth-order valence-electron chi connectivity index (χ4n) is 2.07. The Bertz CT molecular complexity index is 685. The summed E-state index contributed by atoms with van der Waals surface area (Å²) in [5.41, 5.74) is 0.544. The number of nitrogens with zero attached hydrogens (tertiary/aromatic N) is 3. The van der Waals surface area contributed by atoms with Gasteiger partial charge in [0.15, 0.2) is 6.23 Å². The molecule has 0 aliphatic carbocycles. The van der Waals surface area contributed by atoms with Crippen LogP contribution >= 0.6 is 11.6 Å². The lowest BCUT2D eigenvalue weighted by Crippen LogP contribution is -2.15. The number of carbonyl (C=O) groups excluding carboxylic acids is 1. The Morgan fingerprint density at radius 2 is 2.35 bits per heavy atom. The minimum atomic E-state index is -0.375. The number of hydrogen-bond acceptors (Lipinski definition) is 5. The van der Waals surface area contributed by atoms with Gasteiger partial charge in [0.2, 0.25) is 12.4 Å². The Morgan fingerprint density at radius 3 is 3.05 bits per heavy atom. The van der Waals surface area contributed by atoms with Gasteiger partial charge >= 0.3 is 0 Å². The standard InChI is InChI=1S/C12H11ClN4O3/c13-10-8-3-4-17(9-2-1-7(5-18)20-9)11(8)16-12(15-10)14-6-19/h1-4,6-7,9,18H,5H2,(H,14,15,16,19)/t7-,9+/m0/s1. The van der Waals surface area contributed by atoms with Crippen LogP contribution in [0.1, 0.15) is 6.23 Å². The summed E-state index contributed by atoms with van der Waals surface area (Å²) in [5.74, 6) is 0.123. The van der Waals surface area contributed by atoms with Crippen molar-refractivity contribution in [1.82, 2.24) is 14.5 Å². The maximum atomic E-state index is 10.5. The van der Waals surface area contributed by atoms with Crippen LogP contribution in [-0.4, -0.2) is 38.8 Å². The fraction of sp³-hybridized carbons (Fsp3) is 0.250. The molecule has 3 heterocycles. The van der Waals surface area contributed by atoms with Crippen molar-refractivity contribution in [3.05, 3.63) is 29.6 Å². The lowest BCUT2D eigenvalue weighted by atomic mass is 10.4. The summed E-state index contributed by atoms with van der Waals surface area (Å²) in [6.07, 6.45) is 5.15. The molecule has 0 unspecified atom stereocenters. The Kier molecular flexibility index (Phi) is 3.39. The van der Waals surface area contributed by atoms with E-state index in [1.165, 1.54) is 0 Å². The largest absolute Gasteiger partial charge is 0.393 e. The van der Waals surface area contributed by atoms with Gasteiger partial charge in [0.05, 0.1) is 12.0 Å². The number of halogens is 1. The molecule has 3 rings (SSSR count). The van der Waals surface area contributed by atoms with Crippen molar-refractivity contribution in [1.29, 1.82) is 0 Å². The van der Waals surface area contributed by atoms with Gasteiger partial charge in [-0.15, -0.1) is 0 Å². The molecule has 0 saturated heterocycles. The van der Waals surface area contributed by atoms with Crippen LogP contribution in [0.5, 0.6) is 0 Å². The molecule has 7 nitrogen and oxygen atoms in total. The third kappa shape index (κ3) is 2.15. The maximum Gasteiger partial charge on any atom is 0.232 e. The summed E-state index contributed by atoms with van der Waals surface area (Å²) in [4.78, 5) is 18.7. The summed E-state index contributed by atoms with van der Waals surface area (Å²) in [6.45, 7) is -0.0834. The van der Waals surface area contributed by atoms with Gasteiger partial charge in [0.25, 0.3) is 0 Å². The first-order valence-corrected chi connectivity index (χ1v) is 6.29. The van der Waals surface area contributed by atoms with Crippen LogP contribution in [0.15, 0.2) is 24.4 Å². The molecule has 1 aliphatic heterocycles. The highest BCUT2D eigenvalue weighted by Gasteiger charge is 2.22. The first kappa shape index (κ1) is 13.0. The van der Waals surface area contributed by atoms with Crippen LogP contribution in [0, 0.1) is 0 Å². The molecule has 0 fully saturated rings. The van der Waals surface area contributed by atoms with E-state index in [1.807, 2.05) is 6.08 Å². The maximum absolute atomic E-state index is 10.5. The van der Waals surface area contributed by atoms with Crippen molar-refractivity contribution < 1.29 is 14.6 Å². The van der Waals surface area contributed by atoms with E-state index in [2.05, 4.69) is 15.3 Å². The van der Waals surface area contributed by atoms with E-state index < -0.39 is 0 Å². The van der Waals surface area contributed by atoms with Crippen LogP contribution in [0.25, 0.3) is 11.0 Å². The Morgan fingerprint density at radius 1 is 1.50 bits per heavy atom. The minimum absolute atomic E-state index is 0.0834. The molecule has 2 aromatic rings. The number of carbonyl (C=O) groups is 1. The number of aromatic nitrogens is 3. The number of ether oxygens (including phenoxy) is 1. The van der Waals surface area contributed by atoms with Crippen molar-refractivity contribution in [2.75, 3.05) is 11.9 Å². The molecule has 1 amide bonds. The third-order valence-electron chi connectivity index (χ3n) is 2.97. The highest BCUT2D eigenvalue weighted by Crippen LogP contribution is 2.29. The number of anilines is 1. The van der Waals surface area contributed by atoms with Crippen LogP contribution in [0.3, 0.4) is 0 Å². The summed E-state index contributed by atoms with van der Waals surface area (Å²) >= 11 is 6.05. The predicted molar refractivity (Wildman–Crippen MR) is 72.4 cm³/mol. The number of fused-ring (bicyclic) bond motifs is 1. The SMILES string of the molecule is O=CNc1nc(Cl)c2ccn([C@H]3C=C[C@@H](CO)O3)c2n1. The number of aliphatic hydroxyl groups is 1. The summed E-state index contributed by atoms with van der Waals surface area (Å²) < 4.78 is 7.37. The molecule has 20 heavy (non-hydrogen) atoms. The zero-order valence-electron chi connectivity index (χ0n) is 10.2. The average molecular weight is 295 g/mol. The molecule has 0 radical (unpaired) electrons. The lowest BCUT2D eigenvalue weighted by molar-refractivity contribution is -0.105. The minimum Gasteiger partial charge on any atom is -0.393 e. The van der Waals surface area contributed by atoms with Gasteiger partial charge in [-0.2, -0.15) is 9.97 Å². The number of amides is 1. The number of aliphatic hydroxyl groups excluding tert-OH is 1. The number of rotatable bonds is 4. The molecule has 2 N–H and O–H groups in total. The van der Waals surface area contributed by atoms with Gasteiger partial charge in [0, 0.05) is 6.20 Å². The van der Waals surface area contributed by atoms with Crippen molar-refractivity contribution in [2.24, 2.45) is 0 Å². The Hall–Kier alpha value is -1.96. The molecular weight excluding hydrogens is 284 g/mol. The third-order valence-corrected chi connectivity index (χ3v) is 3.26. The highest BCUT2D eigenvalue weighted by molar-refractivity contribution is 6.34. The van der Waals surface area contributed by atoms with E-state index >= 15 is 0 Å². The van der Waals surface area contributed by atoms with Crippen LogP contribution in [0.2, 0.25) is 5.15 Å². The topological polar surface area (TPSA) is 89.3 Å². The van der Waals surface area contributed by atoms with Gasteiger partial charge in [-0.3, -0.25) is 10.1 Å². The molecule has 2 atom stereocenters. The van der Waals surface area contributed by atoms with Crippen LogP contribution in [0.4, 0.5) is 5.95 Å². The van der Waals surface area contributed by atoms with E-state index in [0.29, 0.717) is 17.4 Å². The quantitative estimate of drug-likeness (QED) is 0.501. The van der Waals surface area contributed by atoms with Gasteiger partial charge in [-0.05, 0) is 12.1 Å². The van der Waals surface area contributed by atoms with E-state index in [0.717, 1.165) is 0 Å². The zero-order valence-corrected chi connectivity index (χ0v) is 11.0. The summed E-state index contributed by atoms with van der Waals surface area (Å²) in [5, 5.41) is 12.3. The molecule has 0 aromatic carbocycles. The second-order valence-corrected chi connectivity index (χ2v) is 4.55. The molecule has 2 aromatic heterocycles. The molecule has 0 bridgehead atoms. The molecule has 1 aliphatic rings. The van der Waals surface area contributed by atoms with E-state index in [-0.39, 0.29) is 30.0 Å². The highest BCUT2D eigenvalue weighted by atomic mass is 35.5. The van der Waals surface area contributed by atoms with Gasteiger partial charge in [-0.25, -0.2) is 0 Å². The van der Waals surface area contributed by atoms with Gasteiger partial charge < -0.3 is 14.4 Å². The van der Waals surface area contributed by atoms with E-state index in [4.69, 9.17) is 21.4 Å². The Balaban J connectivity index is 2.04. The van der Waals surface area contributed by atoms with E-state index in [1.54, 1.807) is 22.9 Å². The molecule has 0 spiro atoms.